The van der Waals surface area contributed by atoms with E-state index in [2.05, 4.69) is 0 Å². The van der Waals surface area contributed by atoms with Crippen LogP contribution in [0.4, 0.5) is 0 Å². The highest BCUT2D eigenvalue weighted by Gasteiger charge is 2.09. The second-order valence-corrected chi connectivity index (χ2v) is 5.97. The molecule has 8 heteroatoms. The van der Waals surface area contributed by atoms with Gasteiger partial charge in [-0.2, -0.15) is 0 Å². The van der Waals surface area contributed by atoms with Gasteiger partial charge in [-0.15, -0.1) is 0 Å². The molecule has 0 bridgehead atoms. The van der Waals surface area contributed by atoms with Crippen LogP contribution in [0, 0.1) is 0 Å². The first-order valence-corrected chi connectivity index (χ1v) is 8.20. The molecule has 0 N–H and O–H groups in total. The van der Waals surface area contributed by atoms with E-state index in [1.54, 1.807) is 49.3 Å². The van der Waals surface area contributed by atoms with Crippen LogP contribution in [0.5, 0.6) is 0 Å². The number of hydrogen-bond donors (Lipinski definition) is 0. The first-order chi connectivity index (χ1) is 10.6. The molecule has 2 aromatic rings. The molecule has 0 saturated heterocycles. The fraction of sp³-hybridized carbons (Fsp3) is 0.286. The number of nitrogens with zero attached hydrogens (tertiary/aromatic N) is 4. The van der Waals surface area contributed by atoms with Crippen molar-refractivity contribution in [1.29, 1.82) is 0 Å². The summed E-state index contributed by atoms with van der Waals surface area (Å²) in [5.41, 5.74) is -0.518. The van der Waals surface area contributed by atoms with Crippen LogP contribution in [0.3, 0.4) is 0 Å². The second kappa shape index (κ2) is 7.08. The van der Waals surface area contributed by atoms with Gasteiger partial charge in [-0.3, -0.25) is 22.5 Å². The topological polar surface area (TPSA) is 70.9 Å². The van der Waals surface area contributed by atoms with E-state index in [0.717, 1.165) is 0 Å². The normalized spacial score (nSPS) is 12.1. The quantitative estimate of drug-likeness (QED) is 0.795. The summed E-state index contributed by atoms with van der Waals surface area (Å²) in [5, 5.41) is 0. The van der Waals surface area contributed by atoms with Crippen LogP contribution in [-0.4, -0.2) is 22.5 Å². The van der Waals surface area contributed by atoms with Crippen LogP contribution in [-0.2, 0) is 22.6 Å². The number of aromatic nitrogens is 4. The van der Waals surface area contributed by atoms with Gasteiger partial charge in [0.1, 0.15) is 11.8 Å². The Bertz CT molecular complexity index is 767. The molecular formula is C14H18N4O3S. The zero-order chi connectivity index (χ0) is 16.1. The van der Waals surface area contributed by atoms with E-state index in [-0.39, 0.29) is 23.1 Å². The average Bonchev–Trinajstić information content (AvgIpc) is 2.99. The molecule has 0 aliphatic heterocycles. The van der Waals surface area contributed by atoms with Gasteiger partial charge >= 0.3 is 11.4 Å². The van der Waals surface area contributed by atoms with E-state index < -0.39 is 10.8 Å². The van der Waals surface area contributed by atoms with Crippen molar-refractivity contribution in [3.8, 4) is 0 Å². The Labute approximate surface area is 129 Å². The zero-order valence-electron chi connectivity index (χ0n) is 12.5. The highest BCUT2D eigenvalue weighted by atomic mass is 32.2. The fourth-order valence-corrected chi connectivity index (χ4v) is 3.05. The minimum absolute atomic E-state index is 0.0463. The molecule has 118 valence electrons. The maximum absolute atomic E-state index is 12.2. The van der Waals surface area contributed by atoms with Gasteiger partial charge < -0.3 is 0 Å². The van der Waals surface area contributed by atoms with E-state index in [9.17, 15) is 13.8 Å². The van der Waals surface area contributed by atoms with E-state index in [4.69, 9.17) is 0 Å². The molecule has 2 rings (SSSR count). The lowest BCUT2D eigenvalue weighted by atomic mass is 10.7. The Kier molecular flexibility index (Phi) is 5.16. The summed E-state index contributed by atoms with van der Waals surface area (Å²) in [7, 11) is -1.37. The predicted molar refractivity (Wildman–Crippen MR) is 87.5 cm³/mol. The maximum atomic E-state index is 12.2. The monoisotopic (exact) mass is 322 g/mol. The molecule has 22 heavy (non-hydrogen) atoms. The molecule has 2 heterocycles. The standard InChI is InChI=1S/C14H18N4O3S/c1-3-5-15-7-9-17(13(15)19)11-22(21)12-18-10-8-16(6-4-2)14(18)20/h3-10H,11-12H2,1-2H3/b5-3+,6-4+. The van der Waals surface area contributed by atoms with Crippen LogP contribution >= 0.6 is 0 Å². The van der Waals surface area contributed by atoms with Crippen molar-refractivity contribution in [3.63, 3.8) is 0 Å². The van der Waals surface area contributed by atoms with Gasteiger partial charge in [-0.25, -0.2) is 9.59 Å². The first-order valence-electron chi connectivity index (χ1n) is 6.72. The predicted octanol–water partition coefficient (Wildman–Crippen LogP) is 0.958. The first kappa shape index (κ1) is 16.0. The zero-order valence-corrected chi connectivity index (χ0v) is 13.3. The Hall–Kier alpha value is -2.35. The number of hydrogen-bond acceptors (Lipinski definition) is 3. The van der Waals surface area contributed by atoms with E-state index in [1.807, 2.05) is 13.8 Å². The molecule has 0 saturated carbocycles. The van der Waals surface area contributed by atoms with Crippen LogP contribution < -0.4 is 11.4 Å². The summed E-state index contributed by atoms with van der Waals surface area (Å²) in [6.45, 7) is 3.62. The average molecular weight is 322 g/mol. The second-order valence-electron chi connectivity index (χ2n) is 4.58. The van der Waals surface area contributed by atoms with Crippen LogP contribution in [0.25, 0.3) is 12.4 Å². The van der Waals surface area contributed by atoms with Gasteiger partial charge in [0, 0.05) is 37.2 Å². The fourth-order valence-electron chi connectivity index (χ4n) is 1.95. The Morgan fingerprint density at radius 1 is 0.864 bits per heavy atom. The van der Waals surface area contributed by atoms with Crippen molar-refractivity contribution in [3.05, 3.63) is 57.9 Å². The van der Waals surface area contributed by atoms with Gasteiger partial charge in [0.2, 0.25) is 0 Å². The summed E-state index contributed by atoms with van der Waals surface area (Å²) in [6, 6.07) is 0. The van der Waals surface area contributed by atoms with Gasteiger partial charge in [0.15, 0.2) is 0 Å². The van der Waals surface area contributed by atoms with Crippen LogP contribution in [0.2, 0.25) is 0 Å². The highest BCUT2D eigenvalue weighted by Crippen LogP contribution is 1.95. The summed E-state index contributed by atoms with van der Waals surface area (Å²) in [5.74, 6) is 0.0925. The number of imidazole rings is 2. The van der Waals surface area contributed by atoms with E-state index in [0.29, 0.717) is 0 Å². The maximum Gasteiger partial charge on any atom is 0.333 e. The number of rotatable bonds is 6. The summed E-state index contributed by atoms with van der Waals surface area (Å²) < 4.78 is 17.7. The molecule has 0 unspecified atom stereocenters. The Morgan fingerprint density at radius 3 is 1.64 bits per heavy atom. The molecule has 0 aromatic carbocycles. The molecule has 0 spiro atoms. The third-order valence-corrected chi connectivity index (χ3v) is 4.07. The Balaban J connectivity index is 2.11. The molecule has 0 aliphatic carbocycles. The van der Waals surface area contributed by atoms with Crippen molar-refractivity contribution in [2.75, 3.05) is 0 Å². The van der Waals surface area contributed by atoms with Crippen molar-refractivity contribution in [1.82, 2.24) is 18.3 Å². The smallest absolute Gasteiger partial charge is 0.287 e. The lowest BCUT2D eigenvalue weighted by Crippen LogP contribution is -2.27. The molecule has 7 nitrogen and oxygen atoms in total. The molecule has 2 aromatic heterocycles. The highest BCUT2D eigenvalue weighted by molar-refractivity contribution is 7.82. The van der Waals surface area contributed by atoms with Gasteiger partial charge in [-0.05, 0) is 13.8 Å². The van der Waals surface area contributed by atoms with Crippen molar-refractivity contribution in [2.24, 2.45) is 0 Å². The SMILES string of the molecule is C/C=C/n1ccn(CS(=O)Cn2ccn(/C=C/C)c2=O)c1=O. The van der Waals surface area contributed by atoms with Crippen molar-refractivity contribution < 1.29 is 4.21 Å². The minimum Gasteiger partial charge on any atom is -0.287 e. The third kappa shape index (κ3) is 3.45. The minimum atomic E-state index is -1.37. The molecule has 0 radical (unpaired) electrons. The van der Waals surface area contributed by atoms with E-state index >= 15 is 0 Å². The largest absolute Gasteiger partial charge is 0.333 e. The summed E-state index contributed by atoms with van der Waals surface area (Å²) in [4.78, 5) is 23.9. The third-order valence-electron chi connectivity index (χ3n) is 2.93. The van der Waals surface area contributed by atoms with Gasteiger partial charge in [-0.1, -0.05) is 12.2 Å². The Morgan fingerprint density at radius 2 is 1.27 bits per heavy atom. The summed E-state index contributed by atoms with van der Waals surface area (Å²) in [6.07, 6.45) is 13.1. The number of allylic oxidation sites excluding steroid dienone is 2. The van der Waals surface area contributed by atoms with Crippen LogP contribution in [0.15, 0.2) is 46.5 Å². The molecule has 0 aliphatic rings. The molecule has 0 atom stereocenters. The van der Waals surface area contributed by atoms with Crippen molar-refractivity contribution in [2.45, 2.75) is 25.6 Å². The lowest BCUT2D eigenvalue weighted by molar-refractivity contribution is 0.654. The summed E-state index contributed by atoms with van der Waals surface area (Å²) >= 11 is 0. The van der Waals surface area contributed by atoms with Gasteiger partial charge in [0.05, 0.1) is 10.8 Å². The molecule has 0 fully saturated rings. The molecular weight excluding hydrogens is 304 g/mol. The lowest BCUT2D eigenvalue weighted by Gasteiger charge is -2.03. The van der Waals surface area contributed by atoms with Gasteiger partial charge in [0.25, 0.3) is 0 Å². The van der Waals surface area contributed by atoms with Crippen molar-refractivity contribution >= 4 is 23.2 Å². The van der Waals surface area contributed by atoms with Crippen LogP contribution in [0.1, 0.15) is 13.8 Å². The van der Waals surface area contributed by atoms with E-state index in [1.165, 1.54) is 18.3 Å². The molecule has 0 amide bonds.